The second kappa shape index (κ2) is 3.99. The molecule has 0 spiro atoms. The molecule has 0 aromatic carbocycles. The van der Waals surface area contributed by atoms with Crippen molar-refractivity contribution in [1.29, 1.82) is 5.26 Å². The largest absolute Gasteiger partial charge is 0.397 e. The van der Waals surface area contributed by atoms with Gasteiger partial charge in [0, 0.05) is 0 Å². The monoisotopic (exact) mass is 248 g/mol. The van der Waals surface area contributed by atoms with Crippen molar-refractivity contribution >= 4 is 15.7 Å². The number of nitrogens with two attached hydrogens (primary N) is 2. The van der Waals surface area contributed by atoms with Gasteiger partial charge in [0.05, 0.1) is 11.3 Å². The molecule has 6 nitrogen and oxygen atoms in total. The van der Waals surface area contributed by atoms with Gasteiger partial charge in [-0.15, -0.1) is 0 Å². The zero-order valence-corrected chi connectivity index (χ0v) is 8.50. The summed E-state index contributed by atoms with van der Waals surface area (Å²) in [6.45, 7) is 0. The maximum Gasteiger partial charge on any atom is 0.282 e. The van der Waals surface area contributed by atoms with E-state index in [-0.39, 0.29) is 0 Å². The molecule has 0 aliphatic heterocycles. The van der Waals surface area contributed by atoms with Crippen LogP contribution in [0.4, 0.5) is 14.5 Å². The molecule has 16 heavy (non-hydrogen) atoms. The third-order valence-electron chi connectivity index (χ3n) is 1.64. The number of primary sulfonamides is 1. The zero-order valence-electron chi connectivity index (χ0n) is 7.68. The Balaban J connectivity index is 3.62. The van der Waals surface area contributed by atoms with E-state index in [0.717, 1.165) is 6.07 Å². The average Bonchev–Trinajstić information content (AvgIpc) is 2.14. The van der Waals surface area contributed by atoms with Gasteiger partial charge in [-0.2, -0.15) is 5.26 Å². The topological polar surface area (TPSA) is 123 Å². The van der Waals surface area contributed by atoms with Crippen LogP contribution in [0.5, 0.6) is 0 Å². The lowest BCUT2D eigenvalue weighted by molar-refractivity contribution is 0.146. The molecule has 0 unspecified atom stereocenters. The predicted octanol–water partition coefficient (Wildman–Crippen LogP) is 0.120. The molecule has 0 aliphatic rings. The lowest BCUT2D eigenvalue weighted by atomic mass is 10.2. The van der Waals surface area contributed by atoms with Crippen molar-refractivity contribution < 1.29 is 17.2 Å². The molecule has 1 rings (SSSR count). The number of nitrogens with zero attached hydrogens (tertiary/aromatic N) is 2. The van der Waals surface area contributed by atoms with Crippen LogP contribution < -0.4 is 10.9 Å². The number of alkyl halides is 2. The molecule has 9 heteroatoms. The minimum Gasteiger partial charge on any atom is -0.397 e. The number of rotatable bonds is 2. The van der Waals surface area contributed by atoms with E-state index in [1.54, 1.807) is 0 Å². The predicted molar refractivity (Wildman–Crippen MR) is 49.7 cm³/mol. The summed E-state index contributed by atoms with van der Waals surface area (Å²) in [5.74, 6) is 0. The molecule has 4 N–H and O–H groups in total. The van der Waals surface area contributed by atoms with E-state index in [0.29, 0.717) is 0 Å². The molecule has 1 heterocycles. The maximum absolute atomic E-state index is 12.4. The number of pyridine rings is 1. The Hall–Kier alpha value is -1.79. The van der Waals surface area contributed by atoms with Crippen molar-refractivity contribution in [2.24, 2.45) is 5.14 Å². The van der Waals surface area contributed by atoms with Gasteiger partial charge < -0.3 is 5.73 Å². The first-order valence-corrected chi connectivity index (χ1v) is 5.33. The lowest BCUT2D eigenvalue weighted by Crippen LogP contribution is -2.17. The Morgan fingerprint density at radius 3 is 2.44 bits per heavy atom. The van der Waals surface area contributed by atoms with E-state index in [1.165, 1.54) is 6.07 Å². The van der Waals surface area contributed by atoms with Crippen molar-refractivity contribution in [3.63, 3.8) is 0 Å². The summed E-state index contributed by atoms with van der Waals surface area (Å²) in [6.07, 6.45) is -3.05. The van der Waals surface area contributed by atoms with Crippen LogP contribution in [0, 0.1) is 11.3 Å². The summed E-state index contributed by atoms with van der Waals surface area (Å²) in [5, 5.41) is 12.4. The molecule has 0 amide bonds. The van der Waals surface area contributed by atoms with E-state index in [4.69, 9.17) is 16.1 Å². The van der Waals surface area contributed by atoms with Crippen LogP contribution in [-0.2, 0) is 10.0 Å². The summed E-state index contributed by atoms with van der Waals surface area (Å²) in [4.78, 5) is 3.10. The van der Waals surface area contributed by atoms with E-state index in [9.17, 15) is 17.2 Å². The molecule has 0 saturated heterocycles. The van der Waals surface area contributed by atoms with Gasteiger partial charge in [-0.3, -0.25) is 0 Å². The van der Waals surface area contributed by atoms with Gasteiger partial charge in [-0.05, 0) is 6.07 Å². The first kappa shape index (κ1) is 12.3. The van der Waals surface area contributed by atoms with Crippen LogP contribution in [0.15, 0.2) is 11.1 Å². The maximum atomic E-state index is 12.4. The zero-order chi connectivity index (χ0) is 12.5. The van der Waals surface area contributed by atoms with E-state index in [1.807, 2.05) is 0 Å². The first-order chi connectivity index (χ1) is 7.27. The van der Waals surface area contributed by atoms with Crippen molar-refractivity contribution in [2.45, 2.75) is 11.5 Å². The minimum absolute atomic E-state index is 0.459. The van der Waals surface area contributed by atoms with Crippen LogP contribution >= 0.6 is 0 Å². The van der Waals surface area contributed by atoms with E-state index in [2.05, 4.69) is 4.98 Å². The number of anilines is 1. The van der Waals surface area contributed by atoms with Gasteiger partial charge in [0.25, 0.3) is 16.4 Å². The molecule has 0 radical (unpaired) electrons. The second-order valence-corrected chi connectivity index (χ2v) is 4.25. The fourth-order valence-electron chi connectivity index (χ4n) is 0.997. The summed E-state index contributed by atoms with van der Waals surface area (Å²) >= 11 is 0. The lowest BCUT2D eigenvalue weighted by Gasteiger charge is -2.07. The minimum atomic E-state index is -4.34. The van der Waals surface area contributed by atoms with Crippen molar-refractivity contribution in [2.75, 3.05) is 5.73 Å². The van der Waals surface area contributed by atoms with Crippen molar-refractivity contribution in [1.82, 2.24) is 4.98 Å². The molecule has 0 fully saturated rings. The number of nitriles is 1. The van der Waals surface area contributed by atoms with Gasteiger partial charge in [0.1, 0.15) is 11.8 Å². The summed E-state index contributed by atoms with van der Waals surface area (Å²) in [6, 6.07) is 2.26. The summed E-state index contributed by atoms with van der Waals surface area (Å²) < 4.78 is 46.7. The van der Waals surface area contributed by atoms with Crippen LogP contribution in [0.2, 0.25) is 0 Å². The Morgan fingerprint density at radius 1 is 1.50 bits per heavy atom. The van der Waals surface area contributed by atoms with E-state index < -0.39 is 38.4 Å². The Kier molecular flexibility index (Phi) is 3.06. The standard InChI is InChI=1S/C7H6F2N4O2S/c8-6(9)5-4(11)1-3(2-10)7(13-5)16(12,14)15/h1,6H,11H2,(H2,12,14,15). The Morgan fingerprint density at radius 2 is 2.06 bits per heavy atom. The number of halogens is 2. The van der Waals surface area contributed by atoms with Gasteiger partial charge >= 0.3 is 0 Å². The Bertz CT molecular complexity index is 564. The number of hydrogen-bond donors (Lipinski definition) is 2. The molecule has 0 aliphatic carbocycles. The Labute approximate surface area is 89.5 Å². The number of aromatic nitrogens is 1. The molecule has 0 saturated carbocycles. The highest BCUT2D eigenvalue weighted by atomic mass is 32.2. The van der Waals surface area contributed by atoms with Gasteiger partial charge in [0.15, 0.2) is 5.03 Å². The normalized spacial score (nSPS) is 11.4. The fourth-order valence-corrected chi connectivity index (χ4v) is 1.63. The summed E-state index contributed by atoms with van der Waals surface area (Å²) in [5.41, 5.74) is 3.34. The third-order valence-corrected chi connectivity index (χ3v) is 2.49. The van der Waals surface area contributed by atoms with Crippen molar-refractivity contribution in [3.8, 4) is 6.07 Å². The highest BCUT2D eigenvalue weighted by Crippen LogP contribution is 2.26. The SMILES string of the molecule is N#Cc1cc(N)c(C(F)F)nc1S(N)(=O)=O. The fraction of sp³-hybridized carbons (Fsp3) is 0.143. The van der Waals surface area contributed by atoms with E-state index >= 15 is 0 Å². The smallest absolute Gasteiger partial charge is 0.282 e. The number of nitrogen functional groups attached to an aromatic ring is 1. The second-order valence-electron chi connectivity index (χ2n) is 2.77. The van der Waals surface area contributed by atoms with Crippen LogP contribution in [0.3, 0.4) is 0 Å². The molecule has 1 aromatic rings. The molecular weight excluding hydrogens is 242 g/mol. The van der Waals surface area contributed by atoms with Crippen LogP contribution in [0.25, 0.3) is 0 Å². The van der Waals surface area contributed by atoms with Crippen molar-refractivity contribution in [3.05, 3.63) is 17.3 Å². The number of sulfonamides is 1. The number of hydrogen-bond acceptors (Lipinski definition) is 5. The summed E-state index contributed by atoms with van der Waals surface area (Å²) in [7, 11) is -4.34. The molecule has 86 valence electrons. The van der Waals surface area contributed by atoms with Gasteiger partial charge in [-0.1, -0.05) is 0 Å². The quantitative estimate of drug-likeness (QED) is 0.769. The first-order valence-electron chi connectivity index (χ1n) is 3.79. The van der Waals surface area contributed by atoms with Gasteiger partial charge in [0.2, 0.25) is 0 Å². The molecule has 0 bridgehead atoms. The molecule has 0 atom stereocenters. The van der Waals surface area contributed by atoms with Crippen LogP contribution in [0.1, 0.15) is 17.7 Å². The average molecular weight is 248 g/mol. The highest BCUT2D eigenvalue weighted by Gasteiger charge is 2.22. The highest BCUT2D eigenvalue weighted by molar-refractivity contribution is 7.89. The third kappa shape index (κ3) is 2.23. The van der Waals surface area contributed by atoms with Gasteiger partial charge in [-0.25, -0.2) is 27.3 Å². The van der Waals surface area contributed by atoms with Crippen LogP contribution in [-0.4, -0.2) is 13.4 Å². The molecule has 1 aromatic heterocycles. The molecular formula is C7H6F2N4O2S.